The molecule has 1 unspecified atom stereocenters. The van der Waals surface area contributed by atoms with E-state index in [1.54, 1.807) is 0 Å². The van der Waals surface area contributed by atoms with Crippen molar-refractivity contribution in [2.24, 2.45) is 5.92 Å². The van der Waals surface area contributed by atoms with Crippen LogP contribution in [0.1, 0.15) is 86.5 Å². The number of nitrogens with one attached hydrogen (secondary N) is 1. The van der Waals surface area contributed by atoms with E-state index in [0.717, 1.165) is 68.0 Å². The summed E-state index contributed by atoms with van der Waals surface area (Å²) in [5.74, 6) is 1.70. The Balaban J connectivity index is 1.38. The van der Waals surface area contributed by atoms with Crippen LogP contribution >= 0.6 is 0 Å². The van der Waals surface area contributed by atoms with Crippen molar-refractivity contribution >= 4 is 11.8 Å². The largest absolute Gasteiger partial charge is 0.353 e. The highest BCUT2D eigenvalue weighted by Crippen LogP contribution is 2.32. The monoisotopic (exact) mass is 398 g/mol. The van der Waals surface area contributed by atoms with Gasteiger partial charge in [0.1, 0.15) is 5.82 Å². The standard InChI is InChI=1S/C23H34N4O2/c1-15-20(13-21(28)26-19-9-4-3-5-10-19)16(2)25-22(24-15)18-11-12-27(14-18)23(29)17-7-6-8-17/h17-19H,3-14H2,1-2H3,(H,26,28). The lowest BCUT2D eigenvalue weighted by Gasteiger charge is -2.29. The number of amides is 2. The summed E-state index contributed by atoms with van der Waals surface area (Å²) in [6.07, 6.45) is 10.5. The van der Waals surface area contributed by atoms with Gasteiger partial charge >= 0.3 is 0 Å². The van der Waals surface area contributed by atoms with Crippen molar-refractivity contribution in [1.29, 1.82) is 0 Å². The Morgan fingerprint density at radius 2 is 1.66 bits per heavy atom. The van der Waals surface area contributed by atoms with Gasteiger partial charge in [-0.15, -0.1) is 0 Å². The van der Waals surface area contributed by atoms with Crippen molar-refractivity contribution in [1.82, 2.24) is 20.2 Å². The van der Waals surface area contributed by atoms with E-state index in [2.05, 4.69) is 5.32 Å². The molecule has 0 radical (unpaired) electrons. The van der Waals surface area contributed by atoms with Crippen molar-refractivity contribution in [3.05, 3.63) is 22.8 Å². The number of aryl methyl sites for hydroxylation is 2. The SMILES string of the molecule is Cc1nc(C2CCN(C(=O)C3CCC3)C2)nc(C)c1CC(=O)NC1CCCCC1. The summed E-state index contributed by atoms with van der Waals surface area (Å²) >= 11 is 0. The molecular weight excluding hydrogens is 364 g/mol. The molecule has 29 heavy (non-hydrogen) atoms. The van der Waals surface area contributed by atoms with Gasteiger partial charge in [0.2, 0.25) is 11.8 Å². The molecule has 158 valence electrons. The number of aromatic nitrogens is 2. The van der Waals surface area contributed by atoms with Crippen LogP contribution in [0, 0.1) is 19.8 Å². The zero-order valence-corrected chi connectivity index (χ0v) is 17.9. The van der Waals surface area contributed by atoms with E-state index in [9.17, 15) is 9.59 Å². The molecule has 2 amide bonds. The number of hydrogen-bond acceptors (Lipinski definition) is 4. The van der Waals surface area contributed by atoms with E-state index in [0.29, 0.717) is 18.4 Å². The molecule has 2 heterocycles. The van der Waals surface area contributed by atoms with E-state index in [1.165, 1.54) is 25.7 Å². The van der Waals surface area contributed by atoms with Gasteiger partial charge in [-0.3, -0.25) is 9.59 Å². The smallest absolute Gasteiger partial charge is 0.225 e. The quantitative estimate of drug-likeness (QED) is 0.826. The van der Waals surface area contributed by atoms with E-state index in [-0.39, 0.29) is 17.7 Å². The molecule has 4 rings (SSSR count). The highest BCUT2D eigenvalue weighted by molar-refractivity contribution is 5.80. The lowest BCUT2D eigenvalue weighted by molar-refractivity contribution is -0.137. The summed E-state index contributed by atoms with van der Waals surface area (Å²) < 4.78 is 0. The van der Waals surface area contributed by atoms with Gasteiger partial charge in [-0.25, -0.2) is 9.97 Å². The third-order valence-corrected chi connectivity index (χ3v) is 7.07. The first kappa shape index (κ1) is 20.3. The van der Waals surface area contributed by atoms with Crippen LogP contribution in [-0.4, -0.2) is 45.8 Å². The maximum absolute atomic E-state index is 12.5. The maximum atomic E-state index is 12.5. The van der Waals surface area contributed by atoms with Gasteiger partial charge in [-0.05, 0) is 46.0 Å². The molecule has 0 spiro atoms. The molecule has 1 aliphatic heterocycles. The van der Waals surface area contributed by atoms with Crippen LogP contribution in [0.3, 0.4) is 0 Å². The predicted molar refractivity (Wildman–Crippen MR) is 112 cm³/mol. The molecule has 1 saturated heterocycles. The molecule has 3 fully saturated rings. The number of carbonyl (C=O) groups excluding carboxylic acids is 2. The zero-order valence-electron chi connectivity index (χ0n) is 17.9. The van der Waals surface area contributed by atoms with Crippen molar-refractivity contribution in [3.63, 3.8) is 0 Å². The molecule has 1 atom stereocenters. The fourth-order valence-electron chi connectivity index (χ4n) is 4.97. The third kappa shape index (κ3) is 4.62. The average molecular weight is 399 g/mol. The molecule has 3 aliphatic rings. The molecule has 1 aromatic rings. The van der Waals surface area contributed by atoms with Crippen molar-refractivity contribution in [3.8, 4) is 0 Å². The van der Waals surface area contributed by atoms with Crippen LogP contribution in [0.25, 0.3) is 0 Å². The van der Waals surface area contributed by atoms with Crippen LogP contribution in [-0.2, 0) is 16.0 Å². The first-order valence-corrected chi connectivity index (χ1v) is 11.4. The molecule has 2 aliphatic carbocycles. The van der Waals surface area contributed by atoms with Crippen LogP contribution < -0.4 is 5.32 Å². The van der Waals surface area contributed by atoms with Gasteiger partial charge < -0.3 is 10.2 Å². The van der Waals surface area contributed by atoms with Crippen molar-refractivity contribution in [2.75, 3.05) is 13.1 Å². The fraction of sp³-hybridized carbons (Fsp3) is 0.739. The number of carbonyl (C=O) groups is 2. The minimum absolute atomic E-state index is 0.0811. The molecular formula is C23H34N4O2. The minimum Gasteiger partial charge on any atom is -0.353 e. The summed E-state index contributed by atoms with van der Waals surface area (Å²) in [5, 5.41) is 3.19. The first-order valence-electron chi connectivity index (χ1n) is 11.4. The lowest BCUT2D eigenvalue weighted by atomic mass is 9.84. The lowest BCUT2D eigenvalue weighted by Crippen LogP contribution is -2.37. The van der Waals surface area contributed by atoms with Gasteiger partial charge in [0, 0.05) is 47.9 Å². The van der Waals surface area contributed by atoms with Gasteiger partial charge in [0.25, 0.3) is 0 Å². The molecule has 6 heteroatoms. The maximum Gasteiger partial charge on any atom is 0.225 e. The van der Waals surface area contributed by atoms with Gasteiger partial charge in [-0.1, -0.05) is 25.7 Å². The van der Waals surface area contributed by atoms with E-state index in [4.69, 9.17) is 9.97 Å². The van der Waals surface area contributed by atoms with Crippen LogP contribution in [0.5, 0.6) is 0 Å². The Morgan fingerprint density at radius 1 is 0.966 bits per heavy atom. The van der Waals surface area contributed by atoms with Gasteiger partial charge in [-0.2, -0.15) is 0 Å². The molecule has 0 bridgehead atoms. The average Bonchev–Trinajstić information content (AvgIpc) is 3.14. The Hall–Kier alpha value is -1.98. The van der Waals surface area contributed by atoms with Crippen LogP contribution in [0.4, 0.5) is 0 Å². The zero-order chi connectivity index (χ0) is 20.4. The van der Waals surface area contributed by atoms with Crippen LogP contribution in [0.2, 0.25) is 0 Å². The van der Waals surface area contributed by atoms with E-state index >= 15 is 0 Å². The number of hydrogen-bond donors (Lipinski definition) is 1. The van der Waals surface area contributed by atoms with E-state index in [1.807, 2.05) is 18.7 Å². The Bertz CT molecular complexity index is 745. The summed E-state index contributed by atoms with van der Waals surface area (Å²) in [5.41, 5.74) is 2.74. The highest BCUT2D eigenvalue weighted by Gasteiger charge is 2.35. The summed E-state index contributed by atoms with van der Waals surface area (Å²) in [4.78, 5) is 36.6. The second-order valence-electron chi connectivity index (χ2n) is 9.21. The number of likely N-dealkylation sites (tertiary alicyclic amines) is 1. The summed E-state index contributed by atoms with van der Waals surface area (Å²) in [7, 11) is 0. The molecule has 6 nitrogen and oxygen atoms in total. The topological polar surface area (TPSA) is 75.2 Å². The second-order valence-corrected chi connectivity index (χ2v) is 9.21. The van der Waals surface area contributed by atoms with Crippen molar-refractivity contribution in [2.45, 2.75) is 90.0 Å². The number of nitrogens with zero attached hydrogens (tertiary/aromatic N) is 3. The second kappa shape index (κ2) is 8.80. The predicted octanol–water partition coefficient (Wildman–Crippen LogP) is 3.20. The fourth-order valence-corrected chi connectivity index (χ4v) is 4.97. The van der Waals surface area contributed by atoms with E-state index < -0.39 is 0 Å². The molecule has 1 aromatic heterocycles. The van der Waals surface area contributed by atoms with Crippen molar-refractivity contribution < 1.29 is 9.59 Å². The minimum atomic E-state index is 0.0811. The Kier molecular flexibility index (Phi) is 6.16. The molecule has 1 N–H and O–H groups in total. The van der Waals surface area contributed by atoms with Gasteiger partial charge in [0.15, 0.2) is 0 Å². The Morgan fingerprint density at radius 3 is 2.28 bits per heavy atom. The third-order valence-electron chi connectivity index (χ3n) is 7.07. The molecule has 2 saturated carbocycles. The normalized spacial score (nSPS) is 23.1. The van der Waals surface area contributed by atoms with Crippen LogP contribution in [0.15, 0.2) is 0 Å². The summed E-state index contributed by atoms with van der Waals surface area (Å²) in [6.45, 7) is 5.50. The van der Waals surface area contributed by atoms with Gasteiger partial charge in [0.05, 0.1) is 6.42 Å². The Labute approximate surface area is 173 Å². The summed E-state index contributed by atoms with van der Waals surface area (Å²) in [6, 6.07) is 0.328. The number of rotatable bonds is 5. The first-order chi connectivity index (χ1) is 14.0. The highest BCUT2D eigenvalue weighted by atomic mass is 16.2. The molecule has 0 aromatic carbocycles.